The highest BCUT2D eigenvalue weighted by molar-refractivity contribution is 5.67. The Hall–Kier alpha value is -2.08. The first-order chi connectivity index (χ1) is 9.24. The molecule has 6 nitrogen and oxygen atoms in total. The fourth-order valence-corrected chi connectivity index (χ4v) is 1.98. The first-order valence-corrected chi connectivity index (χ1v) is 6.21. The minimum absolute atomic E-state index is 0.00489. The average molecular weight is 261 g/mol. The van der Waals surface area contributed by atoms with Gasteiger partial charge in [-0.25, -0.2) is 0 Å². The highest BCUT2D eigenvalue weighted by Crippen LogP contribution is 2.38. The van der Waals surface area contributed by atoms with Crippen LogP contribution in [0.4, 0.5) is 0 Å². The van der Waals surface area contributed by atoms with E-state index in [4.69, 9.17) is 19.7 Å². The number of aromatic nitrogens is 2. The maximum absolute atomic E-state index is 5.72. The van der Waals surface area contributed by atoms with E-state index in [0.29, 0.717) is 42.8 Å². The van der Waals surface area contributed by atoms with Gasteiger partial charge in [0, 0.05) is 12.5 Å². The summed E-state index contributed by atoms with van der Waals surface area (Å²) >= 11 is 0. The van der Waals surface area contributed by atoms with Gasteiger partial charge in [-0.15, -0.1) is 0 Å². The highest BCUT2D eigenvalue weighted by atomic mass is 16.6. The molecular formula is C13H15N3O3. The van der Waals surface area contributed by atoms with E-state index < -0.39 is 0 Å². The van der Waals surface area contributed by atoms with Crippen LogP contribution in [-0.2, 0) is 6.42 Å². The molecule has 0 saturated heterocycles. The van der Waals surface area contributed by atoms with E-state index in [1.165, 1.54) is 0 Å². The van der Waals surface area contributed by atoms with Crippen LogP contribution in [0.25, 0.3) is 11.5 Å². The Morgan fingerprint density at radius 3 is 3.00 bits per heavy atom. The number of hydrogen-bond acceptors (Lipinski definition) is 6. The summed E-state index contributed by atoms with van der Waals surface area (Å²) in [5.74, 6) is 2.39. The fourth-order valence-electron chi connectivity index (χ4n) is 1.98. The van der Waals surface area contributed by atoms with Gasteiger partial charge in [-0.2, -0.15) is 4.98 Å². The third-order valence-corrected chi connectivity index (χ3v) is 2.77. The number of hydrogen-bond donors (Lipinski definition) is 1. The Morgan fingerprint density at radius 2 is 2.16 bits per heavy atom. The minimum atomic E-state index is -0.00489. The second-order valence-electron chi connectivity index (χ2n) is 4.53. The quantitative estimate of drug-likeness (QED) is 0.899. The molecule has 1 aliphatic heterocycles. The topological polar surface area (TPSA) is 83.4 Å². The molecule has 19 heavy (non-hydrogen) atoms. The van der Waals surface area contributed by atoms with Gasteiger partial charge in [0.1, 0.15) is 13.2 Å². The van der Waals surface area contributed by atoms with Gasteiger partial charge in [-0.3, -0.25) is 0 Å². The molecule has 0 fully saturated rings. The van der Waals surface area contributed by atoms with Crippen LogP contribution in [0.1, 0.15) is 12.7 Å². The van der Waals surface area contributed by atoms with Crippen LogP contribution in [-0.4, -0.2) is 29.4 Å². The SMILES string of the molecule is CC(N)Cc1noc(-c2cccc3c2OCCO3)n1. The van der Waals surface area contributed by atoms with Crippen molar-refractivity contribution >= 4 is 0 Å². The van der Waals surface area contributed by atoms with Gasteiger partial charge >= 0.3 is 0 Å². The van der Waals surface area contributed by atoms with Crippen LogP contribution < -0.4 is 15.2 Å². The number of fused-ring (bicyclic) bond motifs is 1. The largest absolute Gasteiger partial charge is 0.486 e. The van der Waals surface area contributed by atoms with Gasteiger partial charge in [0.25, 0.3) is 5.89 Å². The first-order valence-electron chi connectivity index (χ1n) is 6.21. The Labute approximate surface area is 110 Å². The van der Waals surface area contributed by atoms with Crippen molar-refractivity contribution in [2.24, 2.45) is 5.73 Å². The molecule has 0 spiro atoms. The Balaban J connectivity index is 1.95. The zero-order valence-corrected chi connectivity index (χ0v) is 10.6. The van der Waals surface area contributed by atoms with Crippen molar-refractivity contribution in [1.82, 2.24) is 10.1 Å². The molecule has 1 unspecified atom stereocenters. The highest BCUT2D eigenvalue weighted by Gasteiger charge is 2.20. The van der Waals surface area contributed by atoms with Crippen LogP contribution >= 0.6 is 0 Å². The second kappa shape index (κ2) is 4.89. The third kappa shape index (κ3) is 2.39. The van der Waals surface area contributed by atoms with E-state index in [9.17, 15) is 0 Å². The van der Waals surface area contributed by atoms with E-state index in [2.05, 4.69) is 10.1 Å². The molecule has 2 N–H and O–H groups in total. The molecule has 0 saturated carbocycles. The number of ether oxygens (including phenoxy) is 2. The molecule has 0 amide bonds. The van der Waals surface area contributed by atoms with E-state index in [-0.39, 0.29) is 6.04 Å². The molecule has 2 heterocycles. The van der Waals surface area contributed by atoms with Gasteiger partial charge in [0.2, 0.25) is 0 Å². The molecule has 1 aromatic heterocycles. The van der Waals surface area contributed by atoms with E-state index in [1.807, 2.05) is 25.1 Å². The number of nitrogens with zero attached hydrogens (tertiary/aromatic N) is 2. The Kier molecular flexibility index (Phi) is 3.08. The van der Waals surface area contributed by atoms with Crippen molar-refractivity contribution in [3.63, 3.8) is 0 Å². The van der Waals surface area contributed by atoms with Crippen LogP contribution in [0.3, 0.4) is 0 Å². The molecule has 1 atom stereocenters. The van der Waals surface area contributed by atoms with E-state index in [0.717, 1.165) is 5.56 Å². The Bertz CT molecular complexity index is 580. The molecule has 1 aliphatic rings. The number of nitrogens with two attached hydrogens (primary N) is 1. The molecule has 2 aromatic rings. The van der Waals surface area contributed by atoms with E-state index in [1.54, 1.807) is 0 Å². The number of benzene rings is 1. The van der Waals surface area contributed by atoms with Crippen molar-refractivity contribution in [2.45, 2.75) is 19.4 Å². The average Bonchev–Trinajstić information content (AvgIpc) is 2.85. The van der Waals surface area contributed by atoms with Gasteiger partial charge in [0.05, 0.1) is 5.56 Å². The molecule has 100 valence electrons. The van der Waals surface area contributed by atoms with Gasteiger partial charge in [-0.1, -0.05) is 11.2 Å². The molecule has 0 aliphatic carbocycles. The summed E-state index contributed by atoms with van der Waals surface area (Å²) in [6.07, 6.45) is 0.579. The zero-order chi connectivity index (χ0) is 13.2. The summed E-state index contributed by atoms with van der Waals surface area (Å²) in [5.41, 5.74) is 6.47. The predicted molar refractivity (Wildman–Crippen MR) is 68.1 cm³/mol. The normalized spacial score (nSPS) is 15.3. The lowest BCUT2D eigenvalue weighted by atomic mass is 10.1. The van der Waals surface area contributed by atoms with Crippen molar-refractivity contribution < 1.29 is 14.0 Å². The smallest absolute Gasteiger partial charge is 0.261 e. The molecule has 0 radical (unpaired) electrons. The monoisotopic (exact) mass is 261 g/mol. The van der Waals surface area contributed by atoms with Crippen molar-refractivity contribution in [3.05, 3.63) is 24.0 Å². The van der Waals surface area contributed by atoms with Gasteiger partial charge in [0.15, 0.2) is 17.3 Å². The standard InChI is InChI=1S/C13H15N3O3/c1-8(14)7-11-15-13(19-16-11)9-3-2-4-10-12(9)18-6-5-17-10/h2-4,8H,5-7,14H2,1H3. The maximum atomic E-state index is 5.72. The second-order valence-corrected chi connectivity index (χ2v) is 4.53. The summed E-state index contributed by atoms with van der Waals surface area (Å²) in [5, 5.41) is 3.92. The molecule has 1 aromatic carbocycles. The number of para-hydroxylation sites is 1. The summed E-state index contributed by atoms with van der Waals surface area (Å²) < 4.78 is 16.4. The molecule has 0 bridgehead atoms. The summed E-state index contributed by atoms with van der Waals surface area (Å²) in [4.78, 5) is 4.34. The van der Waals surface area contributed by atoms with Gasteiger partial charge in [-0.05, 0) is 19.1 Å². The summed E-state index contributed by atoms with van der Waals surface area (Å²) in [7, 11) is 0. The van der Waals surface area contributed by atoms with Crippen LogP contribution in [0.15, 0.2) is 22.7 Å². The third-order valence-electron chi connectivity index (χ3n) is 2.77. The van der Waals surface area contributed by atoms with Gasteiger partial charge < -0.3 is 19.7 Å². The molecule has 6 heteroatoms. The number of rotatable bonds is 3. The lowest BCUT2D eigenvalue weighted by Gasteiger charge is -2.19. The lowest BCUT2D eigenvalue weighted by Crippen LogP contribution is -2.18. The van der Waals surface area contributed by atoms with Crippen molar-refractivity contribution in [1.29, 1.82) is 0 Å². The first kappa shape index (κ1) is 12.0. The van der Waals surface area contributed by atoms with Crippen molar-refractivity contribution in [3.8, 4) is 23.0 Å². The fraction of sp³-hybridized carbons (Fsp3) is 0.385. The van der Waals surface area contributed by atoms with Crippen LogP contribution in [0, 0.1) is 0 Å². The lowest BCUT2D eigenvalue weighted by molar-refractivity contribution is 0.172. The summed E-state index contributed by atoms with van der Waals surface area (Å²) in [6, 6.07) is 5.60. The molecular weight excluding hydrogens is 246 g/mol. The van der Waals surface area contributed by atoms with Crippen LogP contribution in [0.5, 0.6) is 11.5 Å². The molecule has 3 rings (SSSR count). The van der Waals surface area contributed by atoms with Crippen molar-refractivity contribution in [2.75, 3.05) is 13.2 Å². The zero-order valence-electron chi connectivity index (χ0n) is 10.6. The predicted octanol–water partition coefficient (Wildman–Crippen LogP) is 1.40. The van der Waals surface area contributed by atoms with Crippen LogP contribution in [0.2, 0.25) is 0 Å². The van der Waals surface area contributed by atoms with E-state index >= 15 is 0 Å². The minimum Gasteiger partial charge on any atom is -0.486 e. The summed E-state index contributed by atoms with van der Waals surface area (Å²) in [6.45, 7) is 2.97. The maximum Gasteiger partial charge on any atom is 0.261 e. The Morgan fingerprint density at radius 1 is 1.32 bits per heavy atom.